The third-order valence-electron chi connectivity index (χ3n) is 3.38. The van der Waals surface area contributed by atoms with E-state index in [9.17, 15) is 9.59 Å². The Bertz CT molecular complexity index is 307. The molecule has 4 atom stereocenters. The minimum atomic E-state index is -0.865. The van der Waals surface area contributed by atoms with Crippen molar-refractivity contribution in [2.45, 2.75) is 12.8 Å². The first-order valence-electron chi connectivity index (χ1n) is 4.73. The second-order valence-electron chi connectivity index (χ2n) is 4.03. The molecule has 76 valence electrons. The van der Waals surface area contributed by atoms with Gasteiger partial charge in [-0.25, -0.2) is 0 Å². The van der Waals surface area contributed by atoms with Gasteiger partial charge in [-0.05, 0) is 24.7 Å². The van der Waals surface area contributed by atoms with Gasteiger partial charge in [-0.3, -0.25) is 9.59 Å². The van der Waals surface area contributed by atoms with Crippen LogP contribution in [-0.4, -0.2) is 22.2 Å². The van der Waals surface area contributed by atoms with Gasteiger partial charge in [0, 0.05) is 0 Å². The zero-order chi connectivity index (χ0) is 10.3. The summed E-state index contributed by atoms with van der Waals surface area (Å²) < 4.78 is 0. The van der Waals surface area contributed by atoms with Crippen LogP contribution in [0.15, 0.2) is 12.2 Å². The van der Waals surface area contributed by atoms with Crippen molar-refractivity contribution in [2.24, 2.45) is 23.7 Å². The fraction of sp³-hybridized carbons (Fsp3) is 0.600. The molecule has 0 bridgehead atoms. The lowest BCUT2D eigenvalue weighted by Gasteiger charge is -2.14. The molecule has 0 spiro atoms. The molecule has 0 aromatic rings. The van der Waals surface area contributed by atoms with E-state index in [1.807, 2.05) is 12.2 Å². The molecule has 2 aliphatic rings. The predicted molar refractivity (Wildman–Crippen MR) is 47.6 cm³/mol. The van der Waals surface area contributed by atoms with Crippen LogP contribution in [0.3, 0.4) is 0 Å². The molecule has 0 aliphatic heterocycles. The van der Waals surface area contributed by atoms with E-state index in [1.54, 1.807) is 0 Å². The lowest BCUT2D eigenvalue weighted by atomic mass is 9.90. The SMILES string of the molecule is O=C(O)[C@H]1C[C@@H](C(=O)O)[C@H]2C=CC[C@H]21. The molecular formula is C10H12O4. The molecule has 0 saturated heterocycles. The summed E-state index contributed by atoms with van der Waals surface area (Å²) in [6.07, 6.45) is 4.77. The Labute approximate surface area is 81.2 Å². The fourth-order valence-electron chi connectivity index (χ4n) is 2.71. The van der Waals surface area contributed by atoms with Crippen molar-refractivity contribution in [1.29, 1.82) is 0 Å². The molecule has 1 saturated carbocycles. The van der Waals surface area contributed by atoms with E-state index < -0.39 is 23.8 Å². The normalized spacial score (nSPS) is 39.7. The summed E-state index contributed by atoms with van der Waals surface area (Å²) in [4.78, 5) is 21.8. The third-order valence-corrected chi connectivity index (χ3v) is 3.38. The highest BCUT2D eigenvalue weighted by atomic mass is 16.4. The molecule has 1 fully saturated rings. The Balaban J connectivity index is 2.22. The maximum absolute atomic E-state index is 10.9. The number of carboxylic acid groups (broad SMARTS) is 2. The minimum Gasteiger partial charge on any atom is -0.481 e. The summed E-state index contributed by atoms with van der Waals surface area (Å²) in [6.45, 7) is 0. The first-order chi connectivity index (χ1) is 6.61. The summed E-state index contributed by atoms with van der Waals surface area (Å²) in [5.41, 5.74) is 0. The second kappa shape index (κ2) is 3.12. The summed E-state index contributed by atoms with van der Waals surface area (Å²) in [7, 11) is 0. The molecule has 0 radical (unpaired) electrons. The van der Waals surface area contributed by atoms with E-state index in [0.717, 1.165) is 0 Å². The van der Waals surface area contributed by atoms with E-state index in [1.165, 1.54) is 0 Å². The quantitative estimate of drug-likeness (QED) is 0.646. The van der Waals surface area contributed by atoms with Crippen LogP contribution in [0, 0.1) is 23.7 Å². The van der Waals surface area contributed by atoms with Crippen molar-refractivity contribution < 1.29 is 19.8 Å². The smallest absolute Gasteiger partial charge is 0.307 e. The molecule has 0 unspecified atom stereocenters. The van der Waals surface area contributed by atoms with Crippen molar-refractivity contribution in [1.82, 2.24) is 0 Å². The van der Waals surface area contributed by atoms with E-state index in [4.69, 9.17) is 10.2 Å². The zero-order valence-electron chi connectivity index (χ0n) is 7.59. The largest absolute Gasteiger partial charge is 0.481 e. The van der Waals surface area contributed by atoms with Crippen LogP contribution in [0.4, 0.5) is 0 Å². The van der Waals surface area contributed by atoms with Crippen LogP contribution in [0.2, 0.25) is 0 Å². The minimum absolute atomic E-state index is 0.00796. The number of hydrogen-bond donors (Lipinski definition) is 2. The van der Waals surface area contributed by atoms with Gasteiger partial charge in [-0.2, -0.15) is 0 Å². The zero-order valence-corrected chi connectivity index (χ0v) is 7.59. The number of allylic oxidation sites excluding steroid dienone is 2. The highest BCUT2D eigenvalue weighted by molar-refractivity contribution is 5.76. The predicted octanol–water partition coefficient (Wildman–Crippen LogP) is 0.984. The molecule has 0 aromatic heterocycles. The molecule has 0 heterocycles. The van der Waals surface area contributed by atoms with Gasteiger partial charge in [0.15, 0.2) is 0 Å². The van der Waals surface area contributed by atoms with E-state index >= 15 is 0 Å². The first-order valence-corrected chi connectivity index (χ1v) is 4.73. The first kappa shape index (κ1) is 9.24. The summed E-state index contributed by atoms with van der Waals surface area (Å²) in [5.74, 6) is -2.75. The standard InChI is InChI=1S/C10H12O4/c11-9(12)7-4-8(10(13)14)6-3-1-2-5(6)7/h1-2,5-8H,3-4H2,(H,11,12)(H,13,14)/t5-,6+,7+,8-/m0/s1. The highest BCUT2D eigenvalue weighted by Crippen LogP contribution is 2.47. The van der Waals surface area contributed by atoms with Gasteiger partial charge >= 0.3 is 11.9 Å². The van der Waals surface area contributed by atoms with Crippen LogP contribution < -0.4 is 0 Å². The fourth-order valence-corrected chi connectivity index (χ4v) is 2.71. The molecule has 4 heteroatoms. The average Bonchev–Trinajstić information content (AvgIpc) is 2.59. The molecule has 0 amide bonds. The Morgan fingerprint density at radius 2 is 1.79 bits per heavy atom. The van der Waals surface area contributed by atoms with Gasteiger partial charge in [0.25, 0.3) is 0 Å². The van der Waals surface area contributed by atoms with Gasteiger partial charge in [0.1, 0.15) is 0 Å². The third kappa shape index (κ3) is 1.22. The Morgan fingerprint density at radius 1 is 1.14 bits per heavy atom. The lowest BCUT2D eigenvalue weighted by molar-refractivity contribution is -0.143. The van der Waals surface area contributed by atoms with Crippen molar-refractivity contribution >= 4 is 11.9 Å². The van der Waals surface area contributed by atoms with Crippen molar-refractivity contribution in [3.05, 3.63) is 12.2 Å². The molecule has 2 N–H and O–H groups in total. The maximum Gasteiger partial charge on any atom is 0.307 e. The highest BCUT2D eigenvalue weighted by Gasteiger charge is 2.49. The molecule has 14 heavy (non-hydrogen) atoms. The van der Waals surface area contributed by atoms with Crippen molar-refractivity contribution in [3.63, 3.8) is 0 Å². The van der Waals surface area contributed by atoms with Gasteiger partial charge in [0.05, 0.1) is 11.8 Å². The van der Waals surface area contributed by atoms with Gasteiger partial charge in [0.2, 0.25) is 0 Å². The molecular weight excluding hydrogens is 184 g/mol. The number of aliphatic carboxylic acids is 2. The average molecular weight is 196 g/mol. The number of carboxylic acids is 2. The molecule has 2 aliphatic carbocycles. The van der Waals surface area contributed by atoms with Crippen LogP contribution in [0.5, 0.6) is 0 Å². The molecule has 0 aromatic carbocycles. The summed E-state index contributed by atoms with van der Waals surface area (Å²) >= 11 is 0. The monoisotopic (exact) mass is 196 g/mol. The summed E-state index contributed by atoms with van der Waals surface area (Å²) in [5, 5.41) is 17.9. The van der Waals surface area contributed by atoms with E-state index in [0.29, 0.717) is 6.42 Å². The Morgan fingerprint density at radius 3 is 2.36 bits per heavy atom. The van der Waals surface area contributed by atoms with Gasteiger partial charge in [-0.1, -0.05) is 12.2 Å². The van der Waals surface area contributed by atoms with Crippen LogP contribution >= 0.6 is 0 Å². The maximum atomic E-state index is 10.9. The van der Waals surface area contributed by atoms with Crippen molar-refractivity contribution in [2.75, 3.05) is 0 Å². The van der Waals surface area contributed by atoms with Crippen molar-refractivity contribution in [3.8, 4) is 0 Å². The Kier molecular flexibility index (Phi) is 2.06. The molecule has 4 nitrogen and oxygen atoms in total. The van der Waals surface area contributed by atoms with Gasteiger partial charge < -0.3 is 10.2 Å². The number of rotatable bonds is 2. The van der Waals surface area contributed by atoms with E-state index in [2.05, 4.69) is 0 Å². The topological polar surface area (TPSA) is 74.6 Å². The number of carbonyl (C=O) groups is 2. The lowest BCUT2D eigenvalue weighted by Crippen LogP contribution is -2.19. The summed E-state index contributed by atoms with van der Waals surface area (Å²) in [6, 6.07) is 0. The van der Waals surface area contributed by atoms with E-state index in [-0.39, 0.29) is 18.3 Å². The number of hydrogen-bond acceptors (Lipinski definition) is 2. The van der Waals surface area contributed by atoms with Crippen LogP contribution in [0.1, 0.15) is 12.8 Å². The Hall–Kier alpha value is -1.32. The van der Waals surface area contributed by atoms with Crippen LogP contribution in [-0.2, 0) is 9.59 Å². The van der Waals surface area contributed by atoms with Crippen LogP contribution in [0.25, 0.3) is 0 Å². The second-order valence-corrected chi connectivity index (χ2v) is 4.03. The van der Waals surface area contributed by atoms with Gasteiger partial charge in [-0.15, -0.1) is 0 Å². The molecule has 2 rings (SSSR count). The number of fused-ring (bicyclic) bond motifs is 1.